The number of hydrogen-bond acceptors (Lipinski definition) is 2. The third-order valence-corrected chi connectivity index (χ3v) is 3.06. The lowest BCUT2D eigenvalue weighted by molar-refractivity contribution is 0.547. The number of fused-ring (bicyclic) bond motifs is 1. The summed E-state index contributed by atoms with van der Waals surface area (Å²) in [5.41, 5.74) is 3.28. The molecular formula is C15H21NO. The van der Waals surface area contributed by atoms with Crippen LogP contribution in [-0.2, 0) is 0 Å². The quantitative estimate of drug-likeness (QED) is 0.738. The predicted molar refractivity (Wildman–Crippen MR) is 71.4 cm³/mol. The minimum atomic E-state index is 0.494. The van der Waals surface area contributed by atoms with Crippen LogP contribution in [0.25, 0.3) is 11.1 Å². The van der Waals surface area contributed by atoms with Crippen molar-refractivity contribution < 1.29 is 4.42 Å². The summed E-state index contributed by atoms with van der Waals surface area (Å²) >= 11 is 0. The van der Waals surface area contributed by atoms with E-state index in [1.807, 2.05) is 20.0 Å². The topological polar surface area (TPSA) is 26.0 Å². The number of aromatic nitrogens is 1. The third-order valence-electron chi connectivity index (χ3n) is 3.06. The van der Waals surface area contributed by atoms with E-state index in [2.05, 4.69) is 31.0 Å². The molecule has 0 radical (unpaired) electrons. The van der Waals surface area contributed by atoms with Crippen LogP contribution in [0, 0.1) is 0 Å². The van der Waals surface area contributed by atoms with Crippen molar-refractivity contribution in [3.05, 3.63) is 29.7 Å². The summed E-state index contributed by atoms with van der Waals surface area (Å²) in [6, 6.07) is 4.17. The Morgan fingerprint density at radius 3 is 2.59 bits per heavy atom. The Bertz CT molecular complexity index is 495. The van der Waals surface area contributed by atoms with E-state index in [0.717, 1.165) is 16.9 Å². The molecule has 0 bridgehead atoms. The van der Waals surface area contributed by atoms with E-state index in [1.165, 1.54) is 18.4 Å². The highest BCUT2D eigenvalue weighted by molar-refractivity contribution is 5.77. The van der Waals surface area contributed by atoms with Gasteiger partial charge in [-0.2, -0.15) is 0 Å². The average molecular weight is 231 g/mol. The molecule has 0 aromatic carbocycles. The first-order chi connectivity index (χ1) is 8.25. The zero-order valence-electron chi connectivity index (χ0n) is 11.2. The smallest absolute Gasteiger partial charge is 0.156 e. The van der Waals surface area contributed by atoms with Gasteiger partial charge in [0.1, 0.15) is 11.3 Å². The summed E-state index contributed by atoms with van der Waals surface area (Å²) in [7, 11) is 0. The second kappa shape index (κ2) is 4.91. The summed E-state index contributed by atoms with van der Waals surface area (Å²) in [4.78, 5) is 4.36. The maximum Gasteiger partial charge on any atom is 0.156 e. The van der Waals surface area contributed by atoms with Crippen LogP contribution in [0.4, 0.5) is 0 Å². The van der Waals surface area contributed by atoms with E-state index in [1.54, 1.807) is 0 Å². The van der Waals surface area contributed by atoms with E-state index in [-0.39, 0.29) is 0 Å². The fraction of sp³-hybridized carbons (Fsp3) is 0.533. The molecule has 0 unspecified atom stereocenters. The van der Waals surface area contributed by atoms with Crippen LogP contribution in [0.5, 0.6) is 0 Å². The standard InChI is InChI=1S/C13H15NO.C2H6/c1-8(2)10-5-6-14-11-7-12(9-3-4-9)15-13(10)11;1-2/h5-9H,3-4H2,1-2H3;1-2H3. The summed E-state index contributed by atoms with van der Waals surface area (Å²) in [6.07, 6.45) is 4.43. The summed E-state index contributed by atoms with van der Waals surface area (Å²) in [5.74, 6) is 2.29. The van der Waals surface area contributed by atoms with E-state index >= 15 is 0 Å². The summed E-state index contributed by atoms with van der Waals surface area (Å²) in [5, 5.41) is 0. The molecule has 2 heteroatoms. The average Bonchev–Trinajstić information content (AvgIpc) is 3.10. The first-order valence-electron chi connectivity index (χ1n) is 6.64. The lowest BCUT2D eigenvalue weighted by Crippen LogP contribution is -1.88. The Balaban J connectivity index is 0.000000514. The van der Waals surface area contributed by atoms with Crippen LogP contribution in [0.3, 0.4) is 0 Å². The zero-order valence-corrected chi connectivity index (χ0v) is 11.2. The molecule has 92 valence electrons. The van der Waals surface area contributed by atoms with Crippen LogP contribution >= 0.6 is 0 Å². The van der Waals surface area contributed by atoms with Crippen LogP contribution in [0.1, 0.15) is 63.7 Å². The summed E-state index contributed by atoms with van der Waals surface area (Å²) in [6.45, 7) is 8.38. The molecule has 2 aromatic rings. The Labute approximate surface area is 103 Å². The van der Waals surface area contributed by atoms with E-state index in [0.29, 0.717) is 11.8 Å². The maximum absolute atomic E-state index is 5.92. The first-order valence-corrected chi connectivity index (χ1v) is 6.64. The van der Waals surface area contributed by atoms with E-state index in [9.17, 15) is 0 Å². The van der Waals surface area contributed by atoms with Gasteiger partial charge in [0.25, 0.3) is 0 Å². The van der Waals surface area contributed by atoms with Crippen LogP contribution in [0.15, 0.2) is 22.7 Å². The van der Waals surface area contributed by atoms with Gasteiger partial charge in [-0.3, -0.25) is 4.98 Å². The second-order valence-electron chi connectivity index (χ2n) is 4.69. The fourth-order valence-corrected chi connectivity index (χ4v) is 2.00. The van der Waals surface area contributed by atoms with Gasteiger partial charge in [0, 0.05) is 23.7 Å². The van der Waals surface area contributed by atoms with Crippen molar-refractivity contribution in [2.45, 2.75) is 52.4 Å². The highest BCUT2D eigenvalue weighted by atomic mass is 16.3. The van der Waals surface area contributed by atoms with Crippen molar-refractivity contribution in [2.75, 3.05) is 0 Å². The SMILES string of the molecule is CC.CC(C)c1ccnc2cc(C3CC3)oc12. The largest absolute Gasteiger partial charge is 0.459 e. The summed E-state index contributed by atoms with van der Waals surface area (Å²) < 4.78 is 5.92. The Hall–Kier alpha value is -1.31. The maximum atomic E-state index is 5.92. The predicted octanol–water partition coefficient (Wildman–Crippen LogP) is 4.85. The lowest BCUT2D eigenvalue weighted by atomic mass is 10.0. The molecule has 2 aromatic heterocycles. The van der Waals surface area contributed by atoms with Crippen molar-refractivity contribution in [1.82, 2.24) is 4.98 Å². The van der Waals surface area contributed by atoms with Gasteiger partial charge >= 0.3 is 0 Å². The van der Waals surface area contributed by atoms with Gasteiger partial charge in [-0.15, -0.1) is 0 Å². The third kappa shape index (κ3) is 2.36. The Morgan fingerprint density at radius 1 is 1.29 bits per heavy atom. The van der Waals surface area contributed by atoms with Gasteiger partial charge in [0.15, 0.2) is 5.58 Å². The molecule has 0 saturated heterocycles. The number of furan rings is 1. The fourth-order valence-electron chi connectivity index (χ4n) is 2.00. The Morgan fingerprint density at radius 2 is 2.00 bits per heavy atom. The molecular weight excluding hydrogens is 210 g/mol. The minimum absolute atomic E-state index is 0.494. The van der Waals surface area contributed by atoms with Crippen molar-refractivity contribution in [3.63, 3.8) is 0 Å². The molecule has 0 aliphatic heterocycles. The molecule has 0 amide bonds. The molecule has 0 spiro atoms. The van der Waals surface area contributed by atoms with E-state index < -0.39 is 0 Å². The second-order valence-corrected chi connectivity index (χ2v) is 4.69. The van der Waals surface area contributed by atoms with Gasteiger partial charge in [0.05, 0.1) is 0 Å². The van der Waals surface area contributed by atoms with Gasteiger partial charge in [-0.25, -0.2) is 0 Å². The molecule has 17 heavy (non-hydrogen) atoms. The molecule has 0 N–H and O–H groups in total. The molecule has 2 heterocycles. The van der Waals surface area contributed by atoms with Crippen LogP contribution in [-0.4, -0.2) is 4.98 Å². The van der Waals surface area contributed by atoms with Crippen LogP contribution < -0.4 is 0 Å². The highest BCUT2D eigenvalue weighted by Crippen LogP contribution is 2.42. The zero-order chi connectivity index (χ0) is 12.4. The number of rotatable bonds is 2. The van der Waals surface area contributed by atoms with Gasteiger partial charge in [-0.1, -0.05) is 27.7 Å². The highest BCUT2D eigenvalue weighted by Gasteiger charge is 2.27. The van der Waals surface area contributed by atoms with Gasteiger partial charge in [0.2, 0.25) is 0 Å². The minimum Gasteiger partial charge on any atom is -0.459 e. The molecule has 0 atom stereocenters. The normalized spacial score (nSPS) is 14.9. The Kier molecular flexibility index (Phi) is 3.51. The molecule has 1 aliphatic carbocycles. The molecule has 1 saturated carbocycles. The number of hydrogen-bond donors (Lipinski definition) is 0. The van der Waals surface area contributed by atoms with Crippen molar-refractivity contribution >= 4 is 11.1 Å². The monoisotopic (exact) mass is 231 g/mol. The molecule has 1 fully saturated rings. The van der Waals surface area contributed by atoms with Crippen molar-refractivity contribution in [1.29, 1.82) is 0 Å². The molecule has 1 aliphatic rings. The van der Waals surface area contributed by atoms with Crippen molar-refractivity contribution in [2.24, 2.45) is 0 Å². The van der Waals surface area contributed by atoms with Gasteiger partial charge < -0.3 is 4.42 Å². The van der Waals surface area contributed by atoms with Crippen molar-refractivity contribution in [3.8, 4) is 0 Å². The lowest BCUT2D eigenvalue weighted by Gasteiger charge is -2.04. The molecule has 3 rings (SSSR count). The number of pyridine rings is 1. The molecule has 2 nitrogen and oxygen atoms in total. The number of nitrogens with zero attached hydrogens (tertiary/aromatic N) is 1. The van der Waals surface area contributed by atoms with Gasteiger partial charge in [-0.05, 0) is 24.8 Å². The van der Waals surface area contributed by atoms with E-state index in [4.69, 9.17) is 4.42 Å². The first kappa shape index (κ1) is 12.2. The van der Waals surface area contributed by atoms with Crippen LogP contribution in [0.2, 0.25) is 0 Å².